The summed E-state index contributed by atoms with van der Waals surface area (Å²) in [5.41, 5.74) is 2.33. The van der Waals surface area contributed by atoms with Crippen LogP contribution in [0.3, 0.4) is 0 Å². The Labute approximate surface area is 188 Å². The minimum atomic E-state index is -0.322. The largest absolute Gasteiger partial charge is 0.343 e. The van der Waals surface area contributed by atoms with Crippen molar-refractivity contribution < 1.29 is 14.0 Å². The van der Waals surface area contributed by atoms with Crippen LogP contribution in [-0.4, -0.2) is 39.8 Å². The molecule has 170 valence electrons. The van der Waals surface area contributed by atoms with Crippen LogP contribution >= 0.6 is 0 Å². The predicted octanol–water partition coefficient (Wildman–Crippen LogP) is 4.16. The van der Waals surface area contributed by atoms with Gasteiger partial charge in [-0.1, -0.05) is 32.0 Å². The molecule has 2 aromatic rings. The van der Waals surface area contributed by atoms with Crippen LogP contribution in [-0.2, 0) is 22.6 Å². The Kier molecular flexibility index (Phi) is 6.53. The molecule has 32 heavy (non-hydrogen) atoms. The molecule has 1 aromatic heterocycles. The number of carbonyl (C=O) groups is 2. The molecule has 0 N–H and O–H groups in total. The molecule has 2 amide bonds. The number of anilines is 1. The molecule has 0 unspecified atom stereocenters. The topological polar surface area (TPSA) is 66.4 Å². The molecule has 4 rings (SSSR count). The first kappa shape index (κ1) is 22.4. The summed E-state index contributed by atoms with van der Waals surface area (Å²) in [5.74, 6) is 1.69. The van der Waals surface area contributed by atoms with Crippen LogP contribution in [0.4, 0.5) is 10.2 Å². The average Bonchev–Trinajstić information content (AvgIpc) is 2.76. The summed E-state index contributed by atoms with van der Waals surface area (Å²) in [6.45, 7) is 7.64. The fraction of sp³-hybridized carbons (Fsp3) is 0.520. The number of hydrogen-bond donors (Lipinski definition) is 0. The molecule has 0 saturated carbocycles. The Bertz CT molecular complexity index is 1010. The van der Waals surface area contributed by atoms with E-state index >= 15 is 0 Å². The molecule has 1 saturated heterocycles. The first-order chi connectivity index (χ1) is 15.3. The number of benzene rings is 1. The first-order valence-electron chi connectivity index (χ1n) is 11.5. The molecule has 0 spiro atoms. The monoisotopic (exact) mass is 438 g/mol. The van der Waals surface area contributed by atoms with Gasteiger partial charge >= 0.3 is 0 Å². The van der Waals surface area contributed by atoms with E-state index in [1.54, 1.807) is 23.1 Å². The number of aromatic nitrogens is 2. The third-order valence-electron chi connectivity index (χ3n) is 6.44. The highest BCUT2D eigenvalue weighted by Crippen LogP contribution is 2.33. The van der Waals surface area contributed by atoms with Gasteiger partial charge in [0.15, 0.2) is 0 Å². The molecule has 0 atom stereocenters. The summed E-state index contributed by atoms with van der Waals surface area (Å²) < 4.78 is 14.3. The number of carbonyl (C=O) groups excluding carboxylic acids is 2. The van der Waals surface area contributed by atoms with E-state index in [1.165, 1.54) is 6.07 Å². The number of halogens is 1. The van der Waals surface area contributed by atoms with Crippen molar-refractivity contribution in [1.29, 1.82) is 0 Å². The summed E-state index contributed by atoms with van der Waals surface area (Å²) in [6, 6.07) is 6.54. The summed E-state index contributed by atoms with van der Waals surface area (Å²) in [6.07, 6.45) is 3.18. The lowest BCUT2D eigenvalue weighted by Crippen LogP contribution is -2.39. The van der Waals surface area contributed by atoms with Crippen LogP contribution in [0.2, 0.25) is 0 Å². The summed E-state index contributed by atoms with van der Waals surface area (Å²) in [5, 5.41) is 0. The maximum absolute atomic E-state index is 14.3. The quantitative estimate of drug-likeness (QED) is 0.703. The number of amides is 2. The molecule has 2 aliphatic heterocycles. The van der Waals surface area contributed by atoms with Crippen molar-refractivity contribution in [3.8, 4) is 0 Å². The van der Waals surface area contributed by atoms with Crippen molar-refractivity contribution in [3.63, 3.8) is 0 Å². The van der Waals surface area contributed by atoms with E-state index in [1.807, 2.05) is 11.8 Å². The number of nitrogens with zero attached hydrogens (tertiary/aromatic N) is 4. The van der Waals surface area contributed by atoms with Gasteiger partial charge in [-0.05, 0) is 38.2 Å². The second kappa shape index (κ2) is 9.35. The summed E-state index contributed by atoms with van der Waals surface area (Å²) in [7, 11) is 0. The minimum absolute atomic E-state index is 0.0427. The zero-order valence-electron chi connectivity index (χ0n) is 19.1. The molecule has 2 aliphatic rings. The van der Waals surface area contributed by atoms with Gasteiger partial charge in [0, 0.05) is 48.7 Å². The van der Waals surface area contributed by atoms with Gasteiger partial charge in [-0.15, -0.1) is 0 Å². The highest BCUT2D eigenvalue weighted by atomic mass is 19.1. The van der Waals surface area contributed by atoms with Crippen molar-refractivity contribution >= 4 is 17.6 Å². The zero-order chi connectivity index (χ0) is 22.8. The van der Waals surface area contributed by atoms with Crippen LogP contribution < -0.4 is 4.90 Å². The van der Waals surface area contributed by atoms with Gasteiger partial charge in [0.25, 0.3) is 0 Å². The Hall–Kier alpha value is -2.83. The predicted molar refractivity (Wildman–Crippen MR) is 121 cm³/mol. The zero-order valence-corrected chi connectivity index (χ0v) is 19.1. The van der Waals surface area contributed by atoms with E-state index in [2.05, 4.69) is 13.8 Å². The van der Waals surface area contributed by atoms with Gasteiger partial charge < -0.3 is 4.90 Å². The van der Waals surface area contributed by atoms with Crippen molar-refractivity contribution in [2.24, 2.45) is 5.92 Å². The van der Waals surface area contributed by atoms with Gasteiger partial charge in [-0.2, -0.15) is 0 Å². The van der Waals surface area contributed by atoms with E-state index in [4.69, 9.17) is 9.97 Å². The number of fused-ring (bicyclic) bond motifs is 1. The molecular formula is C25H31FN4O2. The summed E-state index contributed by atoms with van der Waals surface area (Å²) >= 11 is 0. The second-order valence-corrected chi connectivity index (χ2v) is 9.29. The van der Waals surface area contributed by atoms with E-state index in [-0.39, 0.29) is 30.1 Å². The lowest BCUT2D eigenvalue weighted by Gasteiger charge is -2.33. The molecule has 3 heterocycles. The molecule has 7 heteroatoms. The van der Waals surface area contributed by atoms with E-state index in [9.17, 15) is 14.0 Å². The fourth-order valence-electron chi connectivity index (χ4n) is 4.61. The Balaban J connectivity index is 1.56. The van der Waals surface area contributed by atoms with Gasteiger partial charge in [0.2, 0.25) is 11.8 Å². The van der Waals surface area contributed by atoms with E-state index in [0.29, 0.717) is 49.7 Å². The lowest BCUT2D eigenvalue weighted by molar-refractivity contribution is -0.133. The molecule has 0 bridgehead atoms. The SMILES string of the molecule is Cc1nc(C2CCN(C(=O)CC(C)C)CC2)nc2c1CCC(=O)N2Cc1ccccc1F. The van der Waals surface area contributed by atoms with Crippen molar-refractivity contribution in [2.75, 3.05) is 18.0 Å². The maximum Gasteiger partial charge on any atom is 0.228 e. The number of piperidine rings is 1. The highest BCUT2D eigenvalue weighted by molar-refractivity contribution is 5.95. The third-order valence-corrected chi connectivity index (χ3v) is 6.44. The number of hydrogen-bond acceptors (Lipinski definition) is 4. The number of aryl methyl sites for hydroxylation is 1. The smallest absolute Gasteiger partial charge is 0.228 e. The molecule has 1 fully saturated rings. The first-order valence-corrected chi connectivity index (χ1v) is 11.5. The fourth-order valence-corrected chi connectivity index (χ4v) is 4.61. The van der Waals surface area contributed by atoms with Crippen molar-refractivity contribution in [2.45, 2.75) is 65.3 Å². The standard InChI is InChI=1S/C25H31FN4O2/c1-16(2)14-23(32)29-12-10-18(11-13-29)24-27-17(3)20-8-9-22(31)30(25(20)28-24)15-19-6-4-5-7-21(19)26/h4-7,16,18H,8-15H2,1-3H3. The molecule has 1 aromatic carbocycles. The van der Waals surface area contributed by atoms with Crippen LogP contribution in [0.5, 0.6) is 0 Å². The van der Waals surface area contributed by atoms with Crippen LogP contribution in [0.15, 0.2) is 24.3 Å². The average molecular weight is 439 g/mol. The second-order valence-electron chi connectivity index (χ2n) is 9.29. The van der Waals surface area contributed by atoms with Gasteiger partial charge in [0.05, 0.1) is 6.54 Å². The minimum Gasteiger partial charge on any atom is -0.343 e. The summed E-state index contributed by atoms with van der Waals surface area (Å²) in [4.78, 5) is 38.3. The molecule has 6 nitrogen and oxygen atoms in total. The van der Waals surface area contributed by atoms with Gasteiger partial charge in [0.1, 0.15) is 17.5 Å². The number of likely N-dealkylation sites (tertiary alicyclic amines) is 1. The normalized spacial score (nSPS) is 17.1. The lowest BCUT2D eigenvalue weighted by atomic mass is 9.94. The Morgan fingerprint density at radius 2 is 1.88 bits per heavy atom. The van der Waals surface area contributed by atoms with Crippen molar-refractivity contribution in [3.05, 3.63) is 52.7 Å². The number of rotatable bonds is 5. The van der Waals surface area contributed by atoms with Crippen molar-refractivity contribution in [1.82, 2.24) is 14.9 Å². The van der Waals surface area contributed by atoms with Crippen LogP contribution in [0.1, 0.15) is 68.1 Å². The van der Waals surface area contributed by atoms with E-state index in [0.717, 1.165) is 29.9 Å². The molecule has 0 radical (unpaired) electrons. The Morgan fingerprint density at radius 3 is 2.56 bits per heavy atom. The highest BCUT2D eigenvalue weighted by Gasteiger charge is 2.31. The Morgan fingerprint density at radius 1 is 1.16 bits per heavy atom. The van der Waals surface area contributed by atoms with E-state index < -0.39 is 0 Å². The third kappa shape index (κ3) is 4.66. The maximum atomic E-state index is 14.3. The van der Waals surface area contributed by atoms with Crippen LogP contribution in [0, 0.1) is 18.7 Å². The van der Waals surface area contributed by atoms with Gasteiger partial charge in [-0.3, -0.25) is 14.5 Å². The molecular weight excluding hydrogens is 407 g/mol. The van der Waals surface area contributed by atoms with Crippen LogP contribution in [0.25, 0.3) is 0 Å². The van der Waals surface area contributed by atoms with Gasteiger partial charge in [-0.25, -0.2) is 14.4 Å². The molecule has 0 aliphatic carbocycles.